The van der Waals surface area contributed by atoms with Gasteiger partial charge in [0, 0.05) is 23.8 Å². The number of hydrogen-bond donors (Lipinski definition) is 3. The molecule has 0 aromatic heterocycles. The van der Waals surface area contributed by atoms with Crippen molar-refractivity contribution < 1.29 is 19.6 Å². The largest absolute Gasteiger partial charge is 0.500 e. The van der Waals surface area contributed by atoms with E-state index < -0.39 is 22.4 Å². The second-order valence-electron chi connectivity index (χ2n) is 9.16. The fourth-order valence-electron chi connectivity index (χ4n) is 5.00. The number of fused-ring (bicyclic) bond motifs is 1. The molecule has 3 aromatic rings. The highest BCUT2D eigenvalue weighted by Crippen LogP contribution is 2.47. The molecule has 0 bridgehead atoms. The fraction of sp³-hybridized carbons (Fsp3) is 0.250. The van der Waals surface area contributed by atoms with Crippen LogP contribution < -0.4 is 15.4 Å². The molecule has 1 heterocycles. The smallest absolute Gasteiger partial charge is 0.315 e. The lowest BCUT2D eigenvalue weighted by atomic mass is 9.78. The summed E-state index contributed by atoms with van der Waals surface area (Å²) in [6.07, 6.45) is 0.950. The molecule has 8 nitrogen and oxygen atoms in total. The number of para-hydroxylation sites is 2. The number of nitro groups is 1. The monoisotopic (exact) mass is 485 g/mol. The van der Waals surface area contributed by atoms with Crippen molar-refractivity contribution in [3.63, 3.8) is 0 Å². The Kier molecular flexibility index (Phi) is 6.10. The predicted molar refractivity (Wildman–Crippen MR) is 138 cm³/mol. The number of ketones is 1. The van der Waals surface area contributed by atoms with Gasteiger partial charge in [0.05, 0.1) is 28.9 Å². The van der Waals surface area contributed by atoms with Crippen LogP contribution in [0.25, 0.3) is 0 Å². The number of allylic oxidation sites excluding steroid dienone is 1. The summed E-state index contributed by atoms with van der Waals surface area (Å²) >= 11 is 0. The number of anilines is 2. The minimum Gasteiger partial charge on any atom is -0.500 e. The fourth-order valence-corrected chi connectivity index (χ4v) is 5.00. The number of benzene rings is 3. The highest BCUT2D eigenvalue weighted by Gasteiger charge is 2.37. The standard InChI is InChI=1S/C28H27N3O5/c1-3-36-25-15-19(13-23(28(25)33)31(34)35)27-26-22(29-20-6-4-5-7-21(20)30-27)12-18(14-24(26)32)17-10-8-16(2)9-11-17/h4-11,13,15,18,27,29-30,33H,3,12,14H2,1-2H3/t18-,27-/m1/s1. The normalized spacial score (nSPS) is 18.9. The highest BCUT2D eigenvalue weighted by molar-refractivity contribution is 6.01. The summed E-state index contributed by atoms with van der Waals surface area (Å²) in [6, 6.07) is 18.1. The van der Waals surface area contributed by atoms with Crippen molar-refractivity contribution >= 4 is 22.8 Å². The lowest BCUT2D eigenvalue weighted by Crippen LogP contribution is -2.27. The molecule has 0 spiro atoms. The number of ether oxygens (including phenoxy) is 1. The number of hydrogen-bond acceptors (Lipinski definition) is 7. The number of carbonyl (C=O) groups is 1. The Labute approximate surface area is 208 Å². The molecule has 36 heavy (non-hydrogen) atoms. The van der Waals surface area contributed by atoms with Crippen molar-refractivity contribution in [1.29, 1.82) is 0 Å². The summed E-state index contributed by atoms with van der Waals surface area (Å²) in [7, 11) is 0. The Morgan fingerprint density at radius 2 is 1.78 bits per heavy atom. The van der Waals surface area contributed by atoms with Crippen LogP contribution in [0.4, 0.5) is 17.1 Å². The van der Waals surface area contributed by atoms with Gasteiger partial charge < -0.3 is 20.5 Å². The van der Waals surface area contributed by atoms with Gasteiger partial charge in [-0.05, 0) is 55.5 Å². The topological polar surface area (TPSA) is 114 Å². The number of aromatic hydroxyl groups is 1. The molecule has 5 rings (SSSR count). The molecule has 0 unspecified atom stereocenters. The summed E-state index contributed by atoms with van der Waals surface area (Å²) in [5.41, 5.74) is 5.18. The van der Waals surface area contributed by atoms with Gasteiger partial charge in [-0.25, -0.2) is 0 Å². The maximum absolute atomic E-state index is 13.7. The molecule has 1 aliphatic heterocycles. The molecule has 0 amide bonds. The Morgan fingerprint density at radius 1 is 1.06 bits per heavy atom. The van der Waals surface area contributed by atoms with Crippen molar-refractivity contribution in [3.05, 3.63) is 98.7 Å². The molecule has 1 aliphatic carbocycles. The molecule has 2 atom stereocenters. The van der Waals surface area contributed by atoms with E-state index in [-0.39, 0.29) is 24.1 Å². The first-order valence-corrected chi connectivity index (χ1v) is 11.9. The van der Waals surface area contributed by atoms with Crippen molar-refractivity contribution in [2.75, 3.05) is 17.2 Å². The van der Waals surface area contributed by atoms with Crippen molar-refractivity contribution in [3.8, 4) is 11.5 Å². The number of aryl methyl sites for hydroxylation is 1. The quantitative estimate of drug-likeness (QED) is 0.301. The first-order chi connectivity index (χ1) is 17.4. The van der Waals surface area contributed by atoms with Gasteiger partial charge in [0.25, 0.3) is 0 Å². The van der Waals surface area contributed by atoms with Crippen LogP contribution in [0, 0.1) is 17.0 Å². The molecule has 0 saturated carbocycles. The SMILES string of the molecule is CCOc1cc([C@H]2Nc3ccccc3NC3=C2C(=O)C[C@H](c2ccc(C)cc2)C3)cc([N+](=O)[O-])c1O. The van der Waals surface area contributed by atoms with E-state index in [4.69, 9.17) is 4.74 Å². The molecule has 0 radical (unpaired) electrons. The number of nitro benzene ring substituents is 1. The second kappa shape index (κ2) is 9.37. The number of phenols is 1. The van der Waals surface area contributed by atoms with Crippen LogP contribution >= 0.6 is 0 Å². The van der Waals surface area contributed by atoms with Crippen LogP contribution in [0.1, 0.15) is 48.4 Å². The van der Waals surface area contributed by atoms with Gasteiger partial charge in [-0.3, -0.25) is 14.9 Å². The first kappa shape index (κ1) is 23.4. The molecule has 0 saturated heterocycles. The van der Waals surface area contributed by atoms with Crippen LogP contribution in [-0.4, -0.2) is 22.4 Å². The Morgan fingerprint density at radius 3 is 2.47 bits per heavy atom. The lowest BCUT2D eigenvalue weighted by molar-refractivity contribution is -0.386. The van der Waals surface area contributed by atoms with Gasteiger partial charge in [-0.1, -0.05) is 42.0 Å². The average molecular weight is 486 g/mol. The molecular formula is C28H27N3O5. The number of rotatable bonds is 5. The zero-order valence-corrected chi connectivity index (χ0v) is 20.1. The van der Waals surface area contributed by atoms with Crippen LogP contribution in [0.15, 0.2) is 71.9 Å². The molecular weight excluding hydrogens is 458 g/mol. The number of Topliss-reactive ketones (excluding diaryl/α,β-unsaturated/α-hetero) is 1. The molecule has 184 valence electrons. The van der Waals surface area contributed by atoms with Crippen molar-refractivity contribution in [1.82, 2.24) is 0 Å². The molecule has 3 N–H and O–H groups in total. The van der Waals surface area contributed by atoms with Crippen molar-refractivity contribution in [2.24, 2.45) is 0 Å². The van der Waals surface area contributed by atoms with E-state index in [1.54, 1.807) is 13.0 Å². The maximum atomic E-state index is 13.7. The van der Waals surface area contributed by atoms with E-state index in [1.165, 1.54) is 6.07 Å². The predicted octanol–water partition coefficient (Wildman–Crippen LogP) is 5.99. The molecule has 3 aromatic carbocycles. The number of carbonyl (C=O) groups excluding carboxylic acids is 1. The zero-order valence-electron chi connectivity index (χ0n) is 20.1. The van der Waals surface area contributed by atoms with E-state index in [2.05, 4.69) is 34.9 Å². The second-order valence-corrected chi connectivity index (χ2v) is 9.16. The lowest BCUT2D eigenvalue weighted by Gasteiger charge is -2.30. The minimum absolute atomic E-state index is 0.0110. The Balaban J connectivity index is 1.65. The number of nitrogens with one attached hydrogen (secondary N) is 2. The van der Waals surface area contributed by atoms with Crippen molar-refractivity contribution in [2.45, 2.75) is 38.6 Å². The maximum Gasteiger partial charge on any atom is 0.315 e. The van der Waals surface area contributed by atoms with Gasteiger partial charge >= 0.3 is 5.69 Å². The molecule has 0 fully saturated rings. The van der Waals surface area contributed by atoms with Crippen LogP contribution in [0.5, 0.6) is 11.5 Å². The summed E-state index contributed by atoms with van der Waals surface area (Å²) in [6.45, 7) is 3.99. The third kappa shape index (κ3) is 4.26. The van der Waals surface area contributed by atoms with Crippen LogP contribution in [0.2, 0.25) is 0 Å². The summed E-state index contributed by atoms with van der Waals surface area (Å²) in [5.74, 6) is -0.532. The Bertz CT molecular complexity index is 1380. The summed E-state index contributed by atoms with van der Waals surface area (Å²) in [4.78, 5) is 24.8. The molecule has 8 heteroatoms. The summed E-state index contributed by atoms with van der Waals surface area (Å²) in [5, 5.41) is 29.0. The highest BCUT2D eigenvalue weighted by atomic mass is 16.6. The Hall–Kier alpha value is -4.33. The number of nitrogens with zero attached hydrogens (tertiary/aromatic N) is 1. The van der Waals surface area contributed by atoms with E-state index >= 15 is 0 Å². The van der Waals surface area contributed by atoms with Gasteiger partial charge in [-0.2, -0.15) is 0 Å². The van der Waals surface area contributed by atoms with Gasteiger partial charge in [0.15, 0.2) is 11.5 Å². The van der Waals surface area contributed by atoms with Gasteiger partial charge in [0.2, 0.25) is 5.75 Å². The van der Waals surface area contributed by atoms with E-state index in [0.717, 1.165) is 28.2 Å². The average Bonchev–Trinajstić information content (AvgIpc) is 3.02. The van der Waals surface area contributed by atoms with Gasteiger partial charge in [0.1, 0.15) is 0 Å². The minimum atomic E-state index is -0.666. The molecule has 2 aliphatic rings. The van der Waals surface area contributed by atoms with Gasteiger partial charge in [-0.15, -0.1) is 0 Å². The van der Waals surface area contributed by atoms with Crippen LogP contribution in [0.3, 0.4) is 0 Å². The third-order valence-electron chi connectivity index (χ3n) is 6.76. The van der Waals surface area contributed by atoms with Crippen LogP contribution in [-0.2, 0) is 4.79 Å². The number of phenolic OH excluding ortho intramolecular Hbond substituents is 1. The van der Waals surface area contributed by atoms with E-state index in [9.17, 15) is 20.0 Å². The third-order valence-corrected chi connectivity index (χ3v) is 6.76. The van der Waals surface area contributed by atoms with E-state index in [1.807, 2.05) is 31.2 Å². The van der Waals surface area contributed by atoms with E-state index in [0.29, 0.717) is 24.0 Å². The first-order valence-electron chi connectivity index (χ1n) is 11.9. The summed E-state index contributed by atoms with van der Waals surface area (Å²) < 4.78 is 5.51. The zero-order chi connectivity index (χ0) is 25.4.